The molecular formula is C36H51N3O4. The number of carboxylic acid groups (broad SMARTS) is 2. The topological polar surface area (TPSA) is 96.9 Å². The SMILES string of the molecule is CCC1CCCCN1CCCCc1c(C(=O)O)cc2c([nH]c3ccc(C(=O)O)cc32)c1CCCCN1CCCCC1CC. The van der Waals surface area contributed by atoms with E-state index in [-0.39, 0.29) is 5.56 Å². The molecule has 0 aliphatic carbocycles. The van der Waals surface area contributed by atoms with E-state index in [0.717, 1.165) is 84.5 Å². The maximum atomic E-state index is 12.7. The van der Waals surface area contributed by atoms with Gasteiger partial charge in [0.15, 0.2) is 0 Å². The second-order valence-corrected chi connectivity index (χ2v) is 12.9. The van der Waals surface area contributed by atoms with Crippen LogP contribution in [0.5, 0.6) is 0 Å². The molecule has 3 heterocycles. The number of nitrogens with zero attached hydrogens (tertiary/aromatic N) is 2. The number of likely N-dealkylation sites (tertiary alicyclic amines) is 2. The van der Waals surface area contributed by atoms with Gasteiger partial charge in [0, 0.05) is 28.4 Å². The third-order valence-electron chi connectivity index (χ3n) is 10.3. The molecule has 43 heavy (non-hydrogen) atoms. The van der Waals surface area contributed by atoms with Crippen molar-refractivity contribution in [1.29, 1.82) is 0 Å². The van der Waals surface area contributed by atoms with E-state index in [4.69, 9.17) is 0 Å². The zero-order chi connectivity index (χ0) is 30.3. The van der Waals surface area contributed by atoms with Gasteiger partial charge < -0.3 is 25.0 Å². The summed E-state index contributed by atoms with van der Waals surface area (Å²) in [5.74, 6) is -1.88. The monoisotopic (exact) mass is 589 g/mol. The van der Waals surface area contributed by atoms with Crippen LogP contribution in [-0.2, 0) is 12.8 Å². The van der Waals surface area contributed by atoms with Gasteiger partial charge in [0.05, 0.1) is 16.6 Å². The van der Waals surface area contributed by atoms with Crippen LogP contribution in [0.3, 0.4) is 0 Å². The molecular weight excluding hydrogens is 538 g/mol. The van der Waals surface area contributed by atoms with E-state index in [1.54, 1.807) is 18.2 Å². The highest BCUT2D eigenvalue weighted by Gasteiger charge is 2.24. The van der Waals surface area contributed by atoms with Gasteiger partial charge in [0.2, 0.25) is 0 Å². The van der Waals surface area contributed by atoms with Crippen molar-refractivity contribution in [3.05, 3.63) is 46.5 Å². The van der Waals surface area contributed by atoms with Crippen LogP contribution in [0.15, 0.2) is 24.3 Å². The normalized spacial score (nSPS) is 20.2. The van der Waals surface area contributed by atoms with Crippen molar-refractivity contribution in [2.75, 3.05) is 26.2 Å². The van der Waals surface area contributed by atoms with Gasteiger partial charge in [-0.3, -0.25) is 0 Å². The number of aromatic carboxylic acids is 2. The highest BCUT2D eigenvalue weighted by Crippen LogP contribution is 2.35. The van der Waals surface area contributed by atoms with Crippen LogP contribution in [0, 0.1) is 0 Å². The Hall–Kier alpha value is -2.90. The minimum Gasteiger partial charge on any atom is -0.478 e. The van der Waals surface area contributed by atoms with Crippen LogP contribution in [-0.4, -0.2) is 75.2 Å². The van der Waals surface area contributed by atoms with Gasteiger partial charge in [0.1, 0.15) is 0 Å². The molecule has 3 aromatic rings. The van der Waals surface area contributed by atoms with E-state index in [1.165, 1.54) is 64.5 Å². The fraction of sp³-hybridized carbons (Fsp3) is 0.611. The molecule has 234 valence electrons. The first kappa shape index (κ1) is 31.5. The summed E-state index contributed by atoms with van der Waals surface area (Å²) in [6.07, 6.45) is 15.9. The van der Waals surface area contributed by atoms with Gasteiger partial charge in [-0.1, -0.05) is 26.7 Å². The van der Waals surface area contributed by atoms with Gasteiger partial charge >= 0.3 is 11.9 Å². The number of unbranched alkanes of at least 4 members (excludes halogenated alkanes) is 2. The third kappa shape index (κ3) is 7.26. The van der Waals surface area contributed by atoms with Crippen molar-refractivity contribution >= 4 is 33.7 Å². The summed E-state index contributed by atoms with van der Waals surface area (Å²) < 4.78 is 0. The van der Waals surface area contributed by atoms with E-state index in [0.29, 0.717) is 17.6 Å². The number of hydrogen-bond donors (Lipinski definition) is 3. The first-order valence-corrected chi connectivity index (χ1v) is 17.0. The number of aromatic amines is 1. The third-order valence-corrected chi connectivity index (χ3v) is 10.3. The predicted octanol–water partition coefficient (Wildman–Crippen LogP) is 7.89. The Morgan fingerprint density at radius 3 is 1.93 bits per heavy atom. The van der Waals surface area contributed by atoms with Crippen molar-refractivity contribution in [3.63, 3.8) is 0 Å². The molecule has 2 atom stereocenters. The Labute approximate surface area is 256 Å². The summed E-state index contributed by atoms with van der Waals surface area (Å²) in [7, 11) is 0. The number of piperidine rings is 2. The van der Waals surface area contributed by atoms with Crippen LogP contribution in [0.25, 0.3) is 21.8 Å². The molecule has 3 N–H and O–H groups in total. The summed E-state index contributed by atoms with van der Waals surface area (Å²) in [5.41, 5.74) is 4.48. The van der Waals surface area contributed by atoms with Crippen LogP contribution >= 0.6 is 0 Å². The lowest BCUT2D eigenvalue weighted by Gasteiger charge is -2.35. The van der Waals surface area contributed by atoms with Crippen molar-refractivity contribution in [2.45, 2.75) is 116 Å². The van der Waals surface area contributed by atoms with Crippen molar-refractivity contribution in [1.82, 2.24) is 14.8 Å². The number of aromatic nitrogens is 1. The average Bonchev–Trinajstić information content (AvgIpc) is 3.39. The zero-order valence-electron chi connectivity index (χ0n) is 26.3. The lowest BCUT2D eigenvalue weighted by atomic mass is 9.90. The summed E-state index contributed by atoms with van der Waals surface area (Å²) >= 11 is 0. The number of nitrogens with one attached hydrogen (secondary N) is 1. The van der Waals surface area contributed by atoms with Gasteiger partial charge in [-0.15, -0.1) is 0 Å². The Balaban J connectivity index is 1.41. The molecule has 0 saturated carbocycles. The molecule has 2 saturated heterocycles. The number of carbonyl (C=O) groups is 2. The number of rotatable bonds is 14. The molecule has 7 nitrogen and oxygen atoms in total. The van der Waals surface area contributed by atoms with Gasteiger partial charge in [-0.25, -0.2) is 9.59 Å². The largest absolute Gasteiger partial charge is 0.478 e. The molecule has 5 rings (SSSR count). The van der Waals surface area contributed by atoms with Crippen LogP contribution in [0.2, 0.25) is 0 Å². The molecule has 0 spiro atoms. The molecule has 0 amide bonds. The molecule has 0 radical (unpaired) electrons. The number of carboxylic acids is 2. The Morgan fingerprint density at radius 2 is 1.37 bits per heavy atom. The number of benzene rings is 2. The predicted molar refractivity (Wildman–Crippen MR) is 175 cm³/mol. The molecule has 2 fully saturated rings. The van der Waals surface area contributed by atoms with E-state index < -0.39 is 11.9 Å². The minimum atomic E-state index is -0.978. The first-order chi connectivity index (χ1) is 20.9. The smallest absolute Gasteiger partial charge is 0.335 e. The fourth-order valence-electron chi connectivity index (χ4n) is 7.90. The summed E-state index contributed by atoms with van der Waals surface area (Å²) in [4.78, 5) is 33.3. The Morgan fingerprint density at radius 1 is 0.767 bits per heavy atom. The molecule has 2 unspecified atom stereocenters. The van der Waals surface area contributed by atoms with Gasteiger partial charge in [-0.05, 0) is 139 Å². The van der Waals surface area contributed by atoms with E-state index >= 15 is 0 Å². The van der Waals surface area contributed by atoms with Crippen LogP contribution < -0.4 is 0 Å². The van der Waals surface area contributed by atoms with Gasteiger partial charge in [0.25, 0.3) is 0 Å². The maximum absolute atomic E-state index is 12.7. The van der Waals surface area contributed by atoms with Gasteiger partial charge in [-0.2, -0.15) is 0 Å². The van der Waals surface area contributed by atoms with Crippen molar-refractivity contribution in [2.24, 2.45) is 0 Å². The second-order valence-electron chi connectivity index (χ2n) is 12.9. The number of hydrogen-bond acceptors (Lipinski definition) is 4. The number of aryl methyl sites for hydroxylation is 1. The minimum absolute atomic E-state index is 0.214. The summed E-state index contributed by atoms with van der Waals surface area (Å²) in [6.45, 7) is 9.13. The molecule has 2 aliphatic heterocycles. The highest BCUT2D eigenvalue weighted by atomic mass is 16.4. The average molecular weight is 590 g/mol. The van der Waals surface area contributed by atoms with E-state index in [2.05, 4.69) is 28.6 Å². The molecule has 1 aromatic heterocycles. The fourth-order valence-corrected chi connectivity index (χ4v) is 7.90. The summed E-state index contributed by atoms with van der Waals surface area (Å²) in [5, 5.41) is 21.6. The Bertz CT molecular complexity index is 1410. The van der Waals surface area contributed by atoms with Crippen LogP contribution in [0.4, 0.5) is 0 Å². The number of H-pyrrole nitrogens is 1. The second kappa shape index (κ2) is 14.7. The van der Waals surface area contributed by atoms with Crippen molar-refractivity contribution in [3.8, 4) is 0 Å². The first-order valence-electron chi connectivity index (χ1n) is 17.0. The highest BCUT2D eigenvalue weighted by molar-refractivity contribution is 6.12. The van der Waals surface area contributed by atoms with E-state index in [9.17, 15) is 19.8 Å². The van der Waals surface area contributed by atoms with Crippen molar-refractivity contribution < 1.29 is 19.8 Å². The lowest BCUT2D eigenvalue weighted by Crippen LogP contribution is -2.39. The molecule has 2 aromatic carbocycles. The lowest BCUT2D eigenvalue weighted by molar-refractivity contribution is 0.0685. The number of fused-ring (bicyclic) bond motifs is 3. The summed E-state index contributed by atoms with van der Waals surface area (Å²) in [6, 6.07) is 8.27. The maximum Gasteiger partial charge on any atom is 0.335 e. The zero-order valence-corrected chi connectivity index (χ0v) is 26.3. The Kier molecular flexibility index (Phi) is 10.8. The van der Waals surface area contributed by atoms with Crippen LogP contribution in [0.1, 0.15) is 123 Å². The standard InChI is InChI=1S/C36H51N3O4/c1-3-26-13-5-9-19-38(26)21-11-7-15-28-29(16-8-12-22-39-20-10-6-14-27(39)4-2)34-31(24-32(28)36(42)43)30-23-25(35(40)41)17-18-33(30)37-34/h17-18,23-24,26-27,37H,3-16,19-22H2,1-2H3,(H,40,41)(H,42,43). The quantitative estimate of drug-likeness (QED) is 0.165. The molecule has 0 bridgehead atoms. The molecule has 7 heteroatoms. The van der Waals surface area contributed by atoms with E-state index in [1.807, 2.05) is 6.07 Å². The molecule has 2 aliphatic rings.